The Morgan fingerprint density at radius 1 is 1.03 bits per heavy atom. The van der Waals surface area contributed by atoms with Crippen LogP contribution >= 0.6 is 0 Å². The van der Waals surface area contributed by atoms with Crippen LogP contribution in [0.1, 0.15) is 23.7 Å². The first-order chi connectivity index (χ1) is 15.2. The number of benzene rings is 2. The van der Waals surface area contributed by atoms with E-state index in [0.29, 0.717) is 28.3 Å². The van der Waals surface area contributed by atoms with Crippen molar-refractivity contribution in [3.63, 3.8) is 0 Å². The van der Waals surface area contributed by atoms with Crippen molar-refractivity contribution in [2.75, 3.05) is 5.32 Å². The fraction of sp³-hybridized carbons (Fsp3) is 0.120. The summed E-state index contributed by atoms with van der Waals surface area (Å²) in [6.07, 6.45) is 2.55. The lowest BCUT2D eigenvalue weighted by Gasteiger charge is -2.10. The average molecular weight is 405 g/mol. The van der Waals surface area contributed by atoms with E-state index in [-0.39, 0.29) is 5.43 Å². The SMILES string of the molecule is CCc1cc(NCc2ccc3c(C#N)cc4ccccc4c(=O)c3c2)n2nccc2n1. The lowest BCUT2D eigenvalue weighted by molar-refractivity contribution is 0.902. The molecule has 0 saturated heterocycles. The number of aromatic nitrogens is 3. The predicted molar refractivity (Wildman–Crippen MR) is 122 cm³/mol. The van der Waals surface area contributed by atoms with E-state index >= 15 is 0 Å². The standard InChI is InChI=1S/C25H19N5O/c1-2-19-13-24(30-23(29-19)9-10-28-30)27-15-16-7-8-20-18(14-26)12-17-5-3-4-6-21(17)25(31)22(20)11-16/h3-13,27H,2,15H2,1H3. The van der Waals surface area contributed by atoms with E-state index in [9.17, 15) is 10.1 Å². The molecule has 0 aliphatic carbocycles. The van der Waals surface area contributed by atoms with E-state index in [4.69, 9.17) is 0 Å². The first-order valence-corrected chi connectivity index (χ1v) is 10.1. The molecule has 0 aliphatic rings. The Morgan fingerprint density at radius 2 is 1.90 bits per heavy atom. The van der Waals surface area contributed by atoms with Crippen LogP contribution in [-0.2, 0) is 13.0 Å². The smallest absolute Gasteiger partial charge is 0.194 e. The molecule has 150 valence electrons. The summed E-state index contributed by atoms with van der Waals surface area (Å²) in [7, 11) is 0. The number of nitrogens with one attached hydrogen (secondary N) is 1. The van der Waals surface area contributed by atoms with Gasteiger partial charge in [-0.05, 0) is 29.5 Å². The minimum Gasteiger partial charge on any atom is -0.366 e. The van der Waals surface area contributed by atoms with Crippen molar-refractivity contribution in [2.24, 2.45) is 0 Å². The molecule has 31 heavy (non-hydrogen) atoms. The highest BCUT2D eigenvalue weighted by molar-refractivity contribution is 5.96. The number of aryl methyl sites for hydroxylation is 1. The molecule has 0 unspecified atom stereocenters. The molecule has 0 spiro atoms. The van der Waals surface area contributed by atoms with E-state index in [1.54, 1.807) is 22.8 Å². The second-order valence-electron chi connectivity index (χ2n) is 7.41. The molecule has 5 aromatic rings. The van der Waals surface area contributed by atoms with Crippen molar-refractivity contribution in [1.29, 1.82) is 5.26 Å². The van der Waals surface area contributed by atoms with Crippen molar-refractivity contribution in [1.82, 2.24) is 14.6 Å². The van der Waals surface area contributed by atoms with Gasteiger partial charge in [0, 0.05) is 40.5 Å². The summed E-state index contributed by atoms with van der Waals surface area (Å²) in [5.41, 5.74) is 3.14. The van der Waals surface area contributed by atoms with E-state index in [0.717, 1.165) is 34.5 Å². The van der Waals surface area contributed by atoms with Gasteiger partial charge in [0.05, 0.1) is 17.8 Å². The van der Waals surface area contributed by atoms with Crippen LogP contribution in [0.25, 0.3) is 27.2 Å². The van der Waals surface area contributed by atoms with Crippen LogP contribution in [0.2, 0.25) is 0 Å². The number of nitriles is 1. The third-order valence-corrected chi connectivity index (χ3v) is 5.49. The quantitative estimate of drug-likeness (QED) is 0.478. The van der Waals surface area contributed by atoms with Gasteiger partial charge in [0.1, 0.15) is 5.82 Å². The minimum absolute atomic E-state index is 0.0689. The Hall–Kier alpha value is -4.24. The first-order valence-electron chi connectivity index (χ1n) is 10.1. The number of fused-ring (bicyclic) bond motifs is 3. The first kappa shape index (κ1) is 18.8. The molecule has 5 rings (SSSR count). The Labute approximate surface area is 178 Å². The fourth-order valence-corrected chi connectivity index (χ4v) is 3.89. The van der Waals surface area contributed by atoms with Crippen LogP contribution in [-0.4, -0.2) is 14.6 Å². The number of hydrogen-bond donors (Lipinski definition) is 1. The molecule has 3 aromatic carbocycles. The third-order valence-electron chi connectivity index (χ3n) is 5.49. The number of rotatable bonds is 4. The summed E-state index contributed by atoms with van der Waals surface area (Å²) in [5, 5.41) is 20.0. The lowest BCUT2D eigenvalue weighted by Crippen LogP contribution is -2.08. The van der Waals surface area contributed by atoms with Gasteiger partial charge in [0.15, 0.2) is 11.1 Å². The zero-order valence-electron chi connectivity index (χ0n) is 17.0. The number of nitrogens with zero attached hydrogens (tertiary/aromatic N) is 4. The van der Waals surface area contributed by atoms with Gasteiger partial charge in [-0.3, -0.25) is 4.79 Å². The van der Waals surface area contributed by atoms with Crippen LogP contribution in [0.15, 0.2) is 71.7 Å². The van der Waals surface area contributed by atoms with Gasteiger partial charge in [-0.15, -0.1) is 0 Å². The van der Waals surface area contributed by atoms with Gasteiger partial charge < -0.3 is 5.32 Å². The van der Waals surface area contributed by atoms with Gasteiger partial charge in [0.2, 0.25) is 0 Å². The predicted octanol–water partition coefficient (Wildman–Crippen LogP) is 4.44. The monoisotopic (exact) mass is 405 g/mol. The van der Waals surface area contributed by atoms with Crippen LogP contribution in [0.3, 0.4) is 0 Å². The Bertz CT molecular complexity index is 1560. The second kappa shape index (κ2) is 7.54. The Morgan fingerprint density at radius 3 is 2.74 bits per heavy atom. The maximum Gasteiger partial charge on any atom is 0.194 e. The number of anilines is 1. The second-order valence-corrected chi connectivity index (χ2v) is 7.41. The molecule has 6 heteroatoms. The van der Waals surface area contributed by atoms with Gasteiger partial charge in [0.25, 0.3) is 0 Å². The largest absolute Gasteiger partial charge is 0.366 e. The van der Waals surface area contributed by atoms with Crippen molar-refractivity contribution < 1.29 is 0 Å². The molecule has 0 radical (unpaired) electrons. The molecule has 2 aromatic heterocycles. The highest BCUT2D eigenvalue weighted by Crippen LogP contribution is 2.22. The molecular formula is C25H19N5O. The van der Waals surface area contributed by atoms with E-state index in [1.807, 2.05) is 48.5 Å². The molecule has 6 nitrogen and oxygen atoms in total. The van der Waals surface area contributed by atoms with Gasteiger partial charge >= 0.3 is 0 Å². The highest BCUT2D eigenvalue weighted by atomic mass is 16.1. The van der Waals surface area contributed by atoms with Crippen molar-refractivity contribution in [2.45, 2.75) is 19.9 Å². The van der Waals surface area contributed by atoms with Crippen LogP contribution in [0, 0.1) is 11.3 Å². The number of hydrogen-bond acceptors (Lipinski definition) is 5. The zero-order valence-corrected chi connectivity index (χ0v) is 17.0. The molecule has 0 bridgehead atoms. The molecule has 2 heterocycles. The maximum absolute atomic E-state index is 13.3. The summed E-state index contributed by atoms with van der Waals surface area (Å²) in [5.74, 6) is 0.844. The maximum atomic E-state index is 13.3. The highest BCUT2D eigenvalue weighted by Gasteiger charge is 2.10. The van der Waals surface area contributed by atoms with Gasteiger partial charge in [-0.2, -0.15) is 14.9 Å². The Kier molecular flexibility index (Phi) is 4.57. The summed E-state index contributed by atoms with van der Waals surface area (Å²) >= 11 is 0. The van der Waals surface area contributed by atoms with E-state index in [2.05, 4.69) is 28.4 Å². The van der Waals surface area contributed by atoms with Crippen LogP contribution in [0.4, 0.5) is 5.82 Å². The Balaban J connectivity index is 1.60. The molecule has 0 amide bonds. The summed E-state index contributed by atoms with van der Waals surface area (Å²) in [6, 6.07) is 21.0. The lowest BCUT2D eigenvalue weighted by atomic mass is 10.1. The van der Waals surface area contributed by atoms with Crippen molar-refractivity contribution in [3.8, 4) is 6.07 Å². The third kappa shape index (κ3) is 3.26. The molecule has 0 saturated carbocycles. The van der Waals surface area contributed by atoms with Gasteiger partial charge in [-0.1, -0.05) is 43.3 Å². The minimum atomic E-state index is -0.0689. The van der Waals surface area contributed by atoms with E-state index < -0.39 is 0 Å². The molecule has 0 atom stereocenters. The van der Waals surface area contributed by atoms with Crippen LogP contribution in [0.5, 0.6) is 0 Å². The van der Waals surface area contributed by atoms with E-state index in [1.165, 1.54) is 0 Å². The molecule has 1 N–H and O–H groups in total. The molecular weight excluding hydrogens is 386 g/mol. The normalized spacial score (nSPS) is 11.1. The zero-order chi connectivity index (χ0) is 21.4. The molecule has 0 aliphatic heterocycles. The van der Waals surface area contributed by atoms with Crippen molar-refractivity contribution in [3.05, 3.63) is 93.9 Å². The van der Waals surface area contributed by atoms with Gasteiger partial charge in [-0.25, -0.2) is 4.98 Å². The summed E-state index contributed by atoms with van der Waals surface area (Å²) in [6.45, 7) is 2.57. The molecule has 0 fully saturated rings. The van der Waals surface area contributed by atoms with Crippen LogP contribution < -0.4 is 10.7 Å². The van der Waals surface area contributed by atoms with Crippen molar-refractivity contribution >= 4 is 33.0 Å². The summed E-state index contributed by atoms with van der Waals surface area (Å²) < 4.78 is 1.76. The summed E-state index contributed by atoms with van der Waals surface area (Å²) in [4.78, 5) is 17.8. The average Bonchev–Trinajstić information content (AvgIpc) is 3.25. The fourth-order valence-electron chi connectivity index (χ4n) is 3.89. The topological polar surface area (TPSA) is 83.1 Å².